The second-order valence-corrected chi connectivity index (χ2v) is 5.20. The lowest BCUT2D eigenvalue weighted by Crippen LogP contribution is -2.40. The zero-order chi connectivity index (χ0) is 13.8. The highest BCUT2D eigenvalue weighted by molar-refractivity contribution is 6.32. The van der Waals surface area contributed by atoms with E-state index >= 15 is 0 Å². The Labute approximate surface area is 120 Å². The number of carbonyl (C=O) groups excluding carboxylic acids is 1. The maximum Gasteiger partial charge on any atom is 0.254 e. The first-order valence-corrected chi connectivity index (χ1v) is 6.84. The summed E-state index contributed by atoms with van der Waals surface area (Å²) in [5, 5.41) is 2.86. The van der Waals surface area contributed by atoms with Crippen LogP contribution in [-0.4, -0.2) is 23.0 Å². The molecule has 0 spiro atoms. The van der Waals surface area contributed by atoms with Crippen molar-refractivity contribution in [2.45, 2.75) is 37.8 Å². The van der Waals surface area contributed by atoms with Gasteiger partial charge in [-0.2, -0.15) is 0 Å². The first-order chi connectivity index (χ1) is 9.10. The molecule has 0 atom stereocenters. The second-order valence-electron chi connectivity index (χ2n) is 4.62. The molecule has 4 nitrogen and oxygen atoms in total. The molecular weight excluding hydrogens is 292 g/mol. The Bertz CT molecular complexity index is 464. The minimum Gasteiger partial charge on any atom is -0.349 e. The maximum absolute atomic E-state index is 13.1. The largest absolute Gasteiger partial charge is 0.349 e. The van der Waals surface area contributed by atoms with Crippen molar-refractivity contribution in [3.8, 4) is 0 Å². The molecular formula is C12H14Cl2FN3O. The van der Waals surface area contributed by atoms with Crippen molar-refractivity contribution in [1.82, 2.24) is 15.1 Å². The third-order valence-electron chi connectivity index (χ3n) is 3.27. The summed E-state index contributed by atoms with van der Waals surface area (Å²) in [5.74, 6) is -0.969. The Hall–Kier alpha value is -0.910. The zero-order valence-corrected chi connectivity index (χ0v) is 11.6. The third-order valence-corrected chi connectivity index (χ3v) is 3.88. The van der Waals surface area contributed by atoms with E-state index in [1.807, 2.05) is 0 Å². The van der Waals surface area contributed by atoms with Gasteiger partial charge in [0.1, 0.15) is 11.0 Å². The summed E-state index contributed by atoms with van der Waals surface area (Å²) in [6, 6.07) is 1.44. The van der Waals surface area contributed by atoms with E-state index in [1.54, 1.807) is 0 Å². The maximum atomic E-state index is 13.1. The lowest BCUT2D eigenvalue weighted by atomic mass is 9.91. The number of nitrogens with zero attached hydrogens (tertiary/aromatic N) is 1. The van der Waals surface area contributed by atoms with E-state index in [9.17, 15) is 9.18 Å². The summed E-state index contributed by atoms with van der Waals surface area (Å²) in [4.78, 5) is 18.3. The number of carbonyl (C=O) groups is 1. The molecule has 0 unspecified atom stereocenters. The standard InChI is InChI=1S/C12H14Cl2FN3O/c13-11-10(5-7(15)6-16-11)12(19)17-8-1-3-9(18-14)4-2-8/h5-6,8-9,18H,1-4H2,(H,17,19)/t8-,9+. The summed E-state index contributed by atoms with van der Waals surface area (Å²) in [6.07, 6.45) is 4.43. The van der Waals surface area contributed by atoms with Gasteiger partial charge in [-0.3, -0.25) is 4.79 Å². The summed E-state index contributed by atoms with van der Waals surface area (Å²) in [5.41, 5.74) is 0.0688. The van der Waals surface area contributed by atoms with Crippen molar-refractivity contribution in [1.29, 1.82) is 0 Å². The molecule has 104 valence electrons. The molecule has 1 aliphatic rings. The number of nitrogens with one attached hydrogen (secondary N) is 2. The fourth-order valence-electron chi connectivity index (χ4n) is 2.19. The number of aromatic nitrogens is 1. The molecule has 7 heteroatoms. The molecule has 1 heterocycles. The summed E-state index contributed by atoms with van der Waals surface area (Å²) < 4.78 is 13.1. The van der Waals surface area contributed by atoms with Crippen molar-refractivity contribution in [3.63, 3.8) is 0 Å². The number of hydrogen-bond donors (Lipinski definition) is 2. The van der Waals surface area contributed by atoms with Crippen molar-refractivity contribution in [2.75, 3.05) is 0 Å². The highest BCUT2D eigenvalue weighted by Gasteiger charge is 2.23. The fourth-order valence-corrected chi connectivity index (χ4v) is 2.60. The average molecular weight is 306 g/mol. The van der Waals surface area contributed by atoms with Gasteiger partial charge in [0, 0.05) is 12.1 Å². The van der Waals surface area contributed by atoms with Crippen LogP contribution in [0.2, 0.25) is 5.15 Å². The molecule has 1 amide bonds. The number of amides is 1. The Kier molecular flexibility index (Phi) is 4.96. The molecule has 19 heavy (non-hydrogen) atoms. The average Bonchev–Trinajstić information content (AvgIpc) is 2.42. The number of pyridine rings is 1. The van der Waals surface area contributed by atoms with Gasteiger partial charge < -0.3 is 5.32 Å². The van der Waals surface area contributed by atoms with Crippen LogP contribution in [0.4, 0.5) is 4.39 Å². The van der Waals surface area contributed by atoms with Gasteiger partial charge in [-0.05, 0) is 43.5 Å². The van der Waals surface area contributed by atoms with E-state index in [0.29, 0.717) is 0 Å². The van der Waals surface area contributed by atoms with E-state index in [-0.39, 0.29) is 28.7 Å². The Morgan fingerprint density at radius 2 is 1.95 bits per heavy atom. The Morgan fingerprint density at radius 1 is 1.32 bits per heavy atom. The normalized spacial score (nSPS) is 23.1. The predicted octanol–water partition coefficient (Wildman–Crippen LogP) is 2.66. The van der Waals surface area contributed by atoms with E-state index in [1.165, 1.54) is 0 Å². The Balaban J connectivity index is 1.96. The van der Waals surface area contributed by atoms with Crippen LogP contribution in [0, 0.1) is 5.82 Å². The molecule has 2 N–H and O–H groups in total. The van der Waals surface area contributed by atoms with Crippen molar-refractivity contribution < 1.29 is 9.18 Å². The van der Waals surface area contributed by atoms with Crippen LogP contribution < -0.4 is 10.2 Å². The zero-order valence-electron chi connectivity index (χ0n) is 10.1. The molecule has 2 rings (SSSR count). The third kappa shape index (κ3) is 3.78. The van der Waals surface area contributed by atoms with Crippen LogP contribution in [0.1, 0.15) is 36.0 Å². The van der Waals surface area contributed by atoms with Gasteiger partial charge >= 0.3 is 0 Å². The van der Waals surface area contributed by atoms with Crippen LogP contribution in [0.5, 0.6) is 0 Å². The first-order valence-electron chi connectivity index (χ1n) is 6.08. The number of rotatable bonds is 3. The van der Waals surface area contributed by atoms with Gasteiger partial charge in [-0.1, -0.05) is 11.6 Å². The van der Waals surface area contributed by atoms with Crippen molar-refractivity contribution in [2.24, 2.45) is 0 Å². The van der Waals surface area contributed by atoms with Gasteiger partial charge in [0.2, 0.25) is 0 Å². The van der Waals surface area contributed by atoms with E-state index in [0.717, 1.165) is 37.9 Å². The minimum atomic E-state index is -0.579. The topological polar surface area (TPSA) is 54.0 Å². The van der Waals surface area contributed by atoms with Gasteiger partial charge in [0.25, 0.3) is 5.91 Å². The predicted molar refractivity (Wildman–Crippen MR) is 71.7 cm³/mol. The van der Waals surface area contributed by atoms with Gasteiger partial charge in [0.05, 0.1) is 11.8 Å². The summed E-state index contributed by atoms with van der Waals surface area (Å²) in [7, 11) is 0. The smallest absolute Gasteiger partial charge is 0.254 e. The molecule has 0 bridgehead atoms. The Morgan fingerprint density at radius 3 is 2.58 bits per heavy atom. The highest BCUT2D eigenvalue weighted by Crippen LogP contribution is 2.20. The monoisotopic (exact) mass is 305 g/mol. The van der Waals surface area contributed by atoms with Crippen molar-refractivity contribution in [3.05, 3.63) is 28.8 Å². The van der Waals surface area contributed by atoms with E-state index in [2.05, 4.69) is 15.1 Å². The molecule has 1 saturated carbocycles. The van der Waals surface area contributed by atoms with Crippen LogP contribution in [0.15, 0.2) is 12.3 Å². The quantitative estimate of drug-likeness (QED) is 0.667. The minimum absolute atomic E-state index is 0.00927. The van der Waals surface area contributed by atoms with Crippen LogP contribution in [-0.2, 0) is 0 Å². The van der Waals surface area contributed by atoms with E-state index in [4.69, 9.17) is 23.4 Å². The number of hydrogen-bond acceptors (Lipinski definition) is 3. The molecule has 1 aromatic heterocycles. The molecule has 1 fully saturated rings. The molecule has 0 aliphatic heterocycles. The summed E-state index contributed by atoms with van der Waals surface area (Å²) >= 11 is 11.4. The molecule has 1 aliphatic carbocycles. The molecule has 0 saturated heterocycles. The van der Waals surface area contributed by atoms with Crippen LogP contribution >= 0.6 is 23.4 Å². The lowest BCUT2D eigenvalue weighted by Gasteiger charge is -2.28. The van der Waals surface area contributed by atoms with Crippen LogP contribution in [0.3, 0.4) is 0 Å². The summed E-state index contributed by atoms with van der Waals surface area (Å²) in [6.45, 7) is 0. The molecule has 1 aromatic rings. The van der Waals surface area contributed by atoms with Crippen LogP contribution in [0.25, 0.3) is 0 Å². The first kappa shape index (κ1) is 14.5. The second kappa shape index (κ2) is 6.50. The van der Waals surface area contributed by atoms with Crippen molar-refractivity contribution >= 4 is 29.3 Å². The fraction of sp³-hybridized carbons (Fsp3) is 0.500. The SMILES string of the molecule is O=C(N[C@H]1CC[C@@H](NCl)CC1)c1cc(F)cnc1Cl. The lowest BCUT2D eigenvalue weighted by molar-refractivity contribution is 0.0924. The number of halogens is 3. The van der Waals surface area contributed by atoms with Gasteiger partial charge in [0.15, 0.2) is 0 Å². The van der Waals surface area contributed by atoms with Gasteiger partial charge in [-0.25, -0.2) is 14.2 Å². The highest BCUT2D eigenvalue weighted by atomic mass is 35.5. The molecule has 0 radical (unpaired) electrons. The molecule has 0 aromatic carbocycles. The van der Waals surface area contributed by atoms with E-state index < -0.39 is 5.82 Å². The van der Waals surface area contributed by atoms with Gasteiger partial charge in [-0.15, -0.1) is 0 Å².